The molecule has 1 unspecified atom stereocenters. The molecule has 1 heterocycles. The van der Waals surface area contributed by atoms with Gasteiger partial charge in [-0.05, 0) is 30.7 Å². The Morgan fingerprint density at radius 3 is 2.82 bits per heavy atom. The normalized spacial score (nSPS) is 11.6. The highest BCUT2D eigenvalue weighted by molar-refractivity contribution is 6.30. The van der Waals surface area contributed by atoms with Gasteiger partial charge in [0.05, 0.1) is 7.11 Å². The van der Waals surface area contributed by atoms with Crippen LogP contribution in [0.1, 0.15) is 12.5 Å². The van der Waals surface area contributed by atoms with Crippen LogP contribution in [0.25, 0.3) is 0 Å². The van der Waals surface area contributed by atoms with E-state index in [1.54, 1.807) is 50.6 Å². The lowest BCUT2D eigenvalue weighted by Gasteiger charge is -2.15. The molecule has 1 amide bonds. The van der Waals surface area contributed by atoms with Gasteiger partial charge in [0.25, 0.3) is 5.91 Å². The number of nitrogens with zero attached hydrogens (tertiary/aromatic N) is 1. The Balaban J connectivity index is 1.85. The zero-order chi connectivity index (χ0) is 15.9. The van der Waals surface area contributed by atoms with E-state index < -0.39 is 6.10 Å². The number of benzene rings is 1. The van der Waals surface area contributed by atoms with Crippen molar-refractivity contribution in [2.45, 2.75) is 19.6 Å². The molecule has 0 aliphatic heterocycles. The number of hydrogen-bond acceptors (Lipinski definition) is 4. The summed E-state index contributed by atoms with van der Waals surface area (Å²) in [5.74, 6) is 0.879. The van der Waals surface area contributed by atoms with E-state index in [1.165, 1.54) is 0 Å². The van der Waals surface area contributed by atoms with Gasteiger partial charge >= 0.3 is 0 Å². The quantitative estimate of drug-likeness (QED) is 0.889. The van der Waals surface area contributed by atoms with Crippen LogP contribution in [-0.4, -0.2) is 24.1 Å². The molecule has 0 bridgehead atoms. The van der Waals surface area contributed by atoms with E-state index >= 15 is 0 Å². The number of carbonyl (C=O) groups excluding carboxylic acids is 1. The van der Waals surface area contributed by atoms with Gasteiger partial charge in [0.15, 0.2) is 6.10 Å². The number of rotatable bonds is 6. The second kappa shape index (κ2) is 7.66. The van der Waals surface area contributed by atoms with Gasteiger partial charge in [-0.1, -0.05) is 23.7 Å². The highest BCUT2D eigenvalue weighted by Crippen LogP contribution is 2.18. The van der Waals surface area contributed by atoms with E-state index in [4.69, 9.17) is 21.1 Å². The molecule has 2 aromatic rings. The van der Waals surface area contributed by atoms with Crippen LogP contribution >= 0.6 is 11.6 Å². The third kappa shape index (κ3) is 4.63. The maximum Gasteiger partial charge on any atom is 0.261 e. The molecule has 0 radical (unpaired) electrons. The number of amides is 1. The molecular formula is C16H17ClN2O3. The third-order valence-electron chi connectivity index (χ3n) is 2.95. The number of ether oxygens (including phenoxy) is 2. The molecule has 116 valence electrons. The molecule has 0 aliphatic rings. The van der Waals surface area contributed by atoms with Crippen molar-refractivity contribution < 1.29 is 14.3 Å². The number of carbonyl (C=O) groups is 1. The summed E-state index contributed by atoms with van der Waals surface area (Å²) in [4.78, 5) is 16.1. The molecule has 0 saturated carbocycles. The highest BCUT2D eigenvalue weighted by Gasteiger charge is 2.14. The number of nitrogens with one attached hydrogen (secondary N) is 1. The van der Waals surface area contributed by atoms with Gasteiger partial charge in [0.1, 0.15) is 5.75 Å². The first-order valence-corrected chi connectivity index (χ1v) is 7.15. The molecule has 2 rings (SSSR count). The first kappa shape index (κ1) is 16.1. The van der Waals surface area contributed by atoms with Crippen LogP contribution in [0, 0.1) is 0 Å². The van der Waals surface area contributed by atoms with Crippen molar-refractivity contribution in [2.24, 2.45) is 0 Å². The fourth-order valence-corrected chi connectivity index (χ4v) is 1.95. The molecule has 0 fully saturated rings. The van der Waals surface area contributed by atoms with Crippen LogP contribution in [0.15, 0.2) is 42.6 Å². The lowest BCUT2D eigenvalue weighted by molar-refractivity contribution is -0.127. The topological polar surface area (TPSA) is 60.5 Å². The van der Waals surface area contributed by atoms with Crippen molar-refractivity contribution in [1.29, 1.82) is 0 Å². The van der Waals surface area contributed by atoms with Gasteiger partial charge in [0, 0.05) is 23.8 Å². The van der Waals surface area contributed by atoms with Gasteiger partial charge in [-0.2, -0.15) is 0 Å². The van der Waals surface area contributed by atoms with E-state index in [9.17, 15) is 4.79 Å². The second-order valence-corrected chi connectivity index (χ2v) is 5.08. The van der Waals surface area contributed by atoms with Crippen LogP contribution in [-0.2, 0) is 11.3 Å². The monoisotopic (exact) mass is 320 g/mol. The van der Waals surface area contributed by atoms with E-state index in [2.05, 4.69) is 10.3 Å². The number of pyridine rings is 1. The largest absolute Gasteiger partial charge is 0.481 e. The minimum absolute atomic E-state index is 0.212. The summed E-state index contributed by atoms with van der Waals surface area (Å²) in [7, 11) is 1.55. The van der Waals surface area contributed by atoms with Gasteiger partial charge < -0.3 is 14.8 Å². The van der Waals surface area contributed by atoms with Gasteiger partial charge in [-0.25, -0.2) is 4.98 Å². The first-order chi connectivity index (χ1) is 10.6. The minimum atomic E-state index is -0.621. The molecule has 22 heavy (non-hydrogen) atoms. The zero-order valence-electron chi connectivity index (χ0n) is 12.4. The van der Waals surface area contributed by atoms with Crippen molar-refractivity contribution in [3.8, 4) is 11.6 Å². The summed E-state index contributed by atoms with van der Waals surface area (Å²) >= 11 is 5.88. The fraction of sp³-hybridized carbons (Fsp3) is 0.250. The molecule has 5 nitrogen and oxygen atoms in total. The average molecular weight is 321 g/mol. The van der Waals surface area contributed by atoms with Crippen LogP contribution in [0.4, 0.5) is 0 Å². The predicted octanol–water partition coefficient (Wildman–Crippen LogP) is 2.83. The Bertz CT molecular complexity index is 632. The first-order valence-electron chi connectivity index (χ1n) is 6.77. The molecule has 6 heteroatoms. The minimum Gasteiger partial charge on any atom is -0.481 e. The fourth-order valence-electron chi connectivity index (χ4n) is 1.77. The SMILES string of the molecule is COc1ccc(CNC(=O)C(C)Oc2cccc(Cl)c2)cn1. The second-order valence-electron chi connectivity index (χ2n) is 4.64. The van der Waals surface area contributed by atoms with E-state index in [0.717, 1.165) is 5.56 Å². The smallest absolute Gasteiger partial charge is 0.261 e. The Labute approximate surface area is 134 Å². The average Bonchev–Trinajstić information content (AvgIpc) is 2.53. The van der Waals surface area contributed by atoms with E-state index in [-0.39, 0.29) is 5.91 Å². The summed E-state index contributed by atoms with van der Waals surface area (Å²) < 4.78 is 10.5. The summed E-state index contributed by atoms with van der Waals surface area (Å²) in [5, 5.41) is 3.36. The zero-order valence-corrected chi connectivity index (χ0v) is 13.1. The standard InChI is InChI=1S/C16H17ClN2O3/c1-11(22-14-5-3-4-13(17)8-14)16(20)19-10-12-6-7-15(21-2)18-9-12/h3-9,11H,10H2,1-2H3,(H,19,20). The Morgan fingerprint density at radius 2 is 2.18 bits per heavy atom. The number of methoxy groups -OCH3 is 1. The molecular weight excluding hydrogens is 304 g/mol. The van der Waals surface area contributed by atoms with Gasteiger partial charge in [-0.3, -0.25) is 4.79 Å². The Morgan fingerprint density at radius 1 is 1.36 bits per heavy atom. The lowest BCUT2D eigenvalue weighted by Crippen LogP contribution is -2.35. The van der Waals surface area contributed by atoms with Crippen molar-refractivity contribution in [3.63, 3.8) is 0 Å². The molecule has 0 saturated heterocycles. The molecule has 1 aromatic heterocycles. The summed E-state index contributed by atoms with van der Waals surface area (Å²) in [6.07, 6.45) is 1.03. The number of halogens is 1. The van der Waals surface area contributed by atoms with Crippen LogP contribution in [0.3, 0.4) is 0 Å². The highest BCUT2D eigenvalue weighted by atomic mass is 35.5. The van der Waals surface area contributed by atoms with Crippen molar-refractivity contribution in [1.82, 2.24) is 10.3 Å². The summed E-state index contributed by atoms with van der Waals surface area (Å²) in [6.45, 7) is 2.06. The van der Waals surface area contributed by atoms with Gasteiger partial charge in [-0.15, -0.1) is 0 Å². The van der Waals surface area contributed by atoms with Crippen molar-refractivity contribution in [2.75, 3.05) is 7.11 Å². The number of aromatic nitrogens is 1. The molecule has 0 spiro atoms. The van der Waals surface area contributed by atoms with Gasteiger partial charge in [0.2, 0.25) is 5.88 Å². The summed E-state index contributed by atoms with van der Waals surface area (Å²) in [5.41, 5.74) is 0.879. The molecule has 1 N–H and O–H groups in total. The van der Waals surface area contributed by atoms with Crippen molar-refractivity contribution in [3.05, 3.63) is 53.2 Å². The van der Waals surface area contributed by atoms with Crippen LogP contribution < -0.4 is 14.8 Å². The maximum absolute atomic E-state index is 12.0. The molecule has 1 atom stereocenters. The van der Waals surface area contributed by atoms with Crippen LogP contribution in [0.5, 0.6) is 11.6 Å². The summed E-state index contributed by atoms with van der Waals surface area (Å²) in [6, 6.07) is 10.5. The van der Waals surface area contributed by atoms with E-state index in [1.807, 2.05) is 6.07 Å². The maximum atomic E-state index is 12.0. The molecule has 0 aliphatic carbocycles. The predicted molar refractivity (Wildman–Crippen MR) is 84.2 cm³/mol. The number of hydrogen-bond donors (Lipinski definition) is 1. The van der Waals surface area contributed by atoms with Crippen molar-refractivity contribution >= 4 is 17.5 Å². The Kier molecular flexibility index (Phi) is 5.61. The third-order valence-corrected chi connectivity index (χ3v) is 3.19. The molecule has 1 aromatic carbocycles. The van der Waals surface area contributed by atoms with Crippen LogP contribution in [0.2, 0.25) is 5.02 Å². The Hall–Kier alpha value is -2.27. The lowest BCUT2D eigenvalue weighted by atomic mass is 10.2. The van der Waals surface area contributed by atoms with E-state index in [0.29, 0.717) is 23.2 Å².